The van der Waals surface area contributed by atoms with E-state index in [1.54, 1.807) is 6.07 Å². The van der Waals surface area contributed by atoms with E-state index in [4.69, 9.17) is 9.95 Å². The minimum Gasteiger partial charge on any atom is -0.469 e. The summed E-state index contributed by atoms with van der Waals surface area (Å²) in [5, 5.41) is 13.1. The monoisotopic (exact) mass is 224 g/mol. The zero-order valence-electron chi connectivity index (χ0n) is 8.94. The topological polar surface area (TPSA) is 102 Å². The summed E-state index contributed by atoms with van der Waals surface area (Å²) in [5.74, 6) is -0.297. The predicted octanol–water partition coefficient (Wildman–Crippen LogP) is 1.08. The number of aliphatic hydroxyl groups excluding tert-OH is 1. The summed E-state index contributed by atoms with van der Waals surface area (Å²) in [6.07, 6.45) is -0.0701. The first kappa shape index (κ1) is 12.1. The van der Waals surface area contributed by atoms with Crippen molar-refractivity contribution in [1.82, 2.24) is 4.90 Å². The molecule has 0 aliphatic heterocycles. The third-order valence-corrected chi connectivity index (χ3v) is 2.00. The lowest BCUT2D eigenvalue weighted by Crippen LogP contribution is -2.36. The lowest BCUT2D eigenvalue weighted by molar-refractivity contribution is -0.138. The number of furan rings is 1. The molecule has 0 aromatic carbocycles. The van der Waals surface area contributed by atoms with Gasteiger partial charge in [-0.3, -0.25) is 4.79 Å². The van der Waals surface area contributed by atoms with Crippen molar-refractivity contribution in [2.45, 2.75) is 12.1 Å². The average Bonchev–Trinajstić information content (AvgIpc) is 2.76. The van der Waals surface area contributed by atoms with E-state index >= 15 is 0 Å². The molecule has 7 heteroatoms. The highest BCUT2D eigenvalue weighted by atomic mass is 16.3. The van der Waals surface area contributed by atoms with Crippen LogP contribution in [-0.2, 0) is 4.79 Å². The molecule has 16 heavy (non-hydrogen) atoms. The van der Waals surface area contributed by atoms with Gasteiger partial charge < -0.3 is 14.4 Å². The number of rotatable bonds is 4. The number of likely N-dealkylation sites (N-methyl/N-ethyl adjacent to an activating group) is 1. The number of carbonyl (C=O) groups excluding carboxylic acids is 1. The molecule has 1 heterocycles. The summed E-state index contributed by atoms with van der Waals surface area (Å²) in [6, 6.07) is 2.07. The van der Waals surface area contributed by atoms with E-state index in [2.05, 4.69) is 10.0 Å². The number of hydrogen-bond acceptors (Lipinski definition) is 4. The molecule has 1 N–H and O–H groups in total. The van der Waals surface area contributed by atoms with Crippen LogP contribution in [0.15, 0.2) is 27.9 Å². The maximum absolute atomic E-state index is 11.5. The van der Waals surface area contributed by atoms with E-state index in [1.807, 2.05) is 0 Å². The molecular weight excluding hydrogens is 212 g/mol. The summed E-state index contributed by atoms with van der Waals surface area (Å²) in [6.45, 7) is 0. The molecule has 1 amide bonds. The smallest absolute Gasteiger partial charge is 0.251 e. The fourth-order valence-electron chi connectivity index (χ4n) is 1.19. The molecule has 0 radical (unpaired) electrons. The van der Waals surface area contributed by atoms with Crippen LogP contribution in [0.4, 0.5) is 0 Å². The third-order valence-electron chi connectivity index (χ3n) is 2.00. The van der Waals surface area contributed by atoms with Crippen LogP contribution in [0.25, 0.3) is 10.4 Å². The van der Waals surface area contributed by atoms with Gasteiger partial charge in [0.15, 0.2) is 0 Å². The average molecular weight is 224 g/mol. The number of carbonyl (C=O) groups is 1. The van der Waals surface area contributed by atoms with Crippen molar-refractivity contribution in [3.8, 4) is 0 Å². The van der Waals surface area contributed by atoms with Crippen LogP contribution < -0.4 is 0 Å². The van der Waals surface area contributed by atoms with Crippen molar-refractivity contribution in [2.75, 3.05) is 14.1 Å². The van der Waals surface area contributed by atoms with Crippen molar-refractivity contribution in [3.05, 3.63) is 34.6 Å². The predicted molar refractivity (Wildman–Crippen MR) is 55.3 cm³/mol. The van der Waals surface area contributed by atoms with Crippen LogP contribution >= 0.6 is 0 Å². The van der Waals surface area contributed by atoms with Gasteiger partial charge >= 0.3 is 0 Å². The summed E-state index contributed by atoms with van der Waals surface area (Å²) >= 11 is 0. The molecular formula is C9H12N4O3. The Hall–Kier alpha value is -1.98. The van der Waals surface area contributed by atoms with Crippen LogP contribution in [0.2, 0.25) is 0 Å². The molecule has 0 aliphatic rings. The number of nitrogens with zero attached hydrogens (tertiary/aromatic N) is 4. The fourth-order valence-corrected chi connectivity index (χ4v) is 1.19. The quantitative estimate of drug-likeness (QED) is 0.470. The standard InChI is InChI=1S/C9H12N4O3/c1-13(2)9(15)8(14)7(11-12-10)6-4-3-5-16-6/h3-5,7-8,14H,1-2H3/t7-,8-/m1/s1. The number of amides is 1. The lowest BCUT2D eigenvalue weighted by atomic mass is 10.1. The Morgan fingerprint density at radius 3 is 2.81 bits per heavy atom. The maximum Gasteiger partial charge on any atom is 0.251 e. The van der Waals surface area contributed by atoms with Crippen molar-refractivity contribution in [1.29, 1.82) is 0 Å². The SMILES string of the molecule is CN(C)C(=O)[C@H](O)[C@H](N=[N+]=[N-])c1ccco1. The first-order valence-corrected chi connectivity index (χ1v) is 4.54. The fraction of sp³-hybridized carbons (Fsp3) is 0.444. The Bertz CT molecular complexity index is 395. The normalized spacial score (nSPS) is 13.7. The van der Waals surface area contributed by atoms with Gasteiger partial charge in [0.2, 0.25) is 0 Å². The first-order valence-electron chi connectivity index (χ1n) is 4.54. The van der Waals surface area contributed by atoms with Gasteiger partial charge in [0.25, 0.3) is 5.91 Å². The second kappa shape index (κ2) is 5.20. The van der Waals surface area contributed by atoms with Gasteiger partial charge in [-0.2, -0.15) is 0 Å². The third kappa shape index (κ3) is 2.53. The van der Waals surface area contributed by atoms with E-state index < -0.39 is 18.1 Å². The second-order valence-corrected chi connectivity index (χ2v) is 3.34. The molecule has 86 valence electrons. The Kier molecular flexibility index (Phi) is 3.93. The van der Waals surface area contributed by atoms with Gasteiger partial charge in [-0.05, 0) is 17.7 Å². The van der Waals surface area contributed by atoms with Crippen molar-refractivity contribution in [3.63, 3.8) is 0 Å². The summed E-state index contributed by atoms with van der Waals surface area (Å²) in [7, 11) is 3.00. The summed E-state index contributed by atoms with van der Waals surface area (Å²) < 4.78 is 5.00. The molecule has 0 saturated carbocycles. The van der Waals surface area contributed by atoms with Crippen LogP contribution in [0, 0.1) is 0 Å². The zero-order chi connectivity index (χ0) is 12.1. The highest BCUT2D eigenvalue weighted by Crippen LogP contribution is 2.23. The minimum absolute atomic E-state index is 0.250. The molecule has 1 aromatic heterocycles. The maximum atomic E-state index is 11.5. The van der Waals surface area contributed by atoms with Gasteiger partial charge in [-0.1, -0.05) is 5.11 Å². The second-order valence-electron chi connectivity index (χ2n) is 3.34. The first-order chi connectivity index (χ1) is 7.57. The molecule has 0 saturated heterocycles. The molecule has 1 rings (SSSR count). The molecule has 0 unspecified atom stereocenters. The van der Waals surface area contributed by atoms with Gasteiger partial charge in [0.05, 0.1) is 6.26 Å². The Morgan fingerprint density at radius 2 is 2.38 bits per heavy atom. The largest absolute Gasteiger partial charge is 0.469 e. The molecule has 0 spiro atoms. The molecule has 0 aliphatic carbocycles. The van der Waals surface area contributed by atoms with Gasteiger partial charge in [0.1, 0.15) is 17.9 Å². The highest BCUT2D eigenvalue weighted by molar-refractivity contribution is 5.81. The van der Waals surface area contributed by atoms with Gasteiger partial charge in [-0.15, -0.1) is 0 Å². The number of hydrogen-bond donors (Lipinski definition) is 1. The van der Waals surface area contributed by atoms with Crippen molar-refractivity contribution < 1.29 is 14.3 Å². The van der Waals surface area contributed by atoms with Crippen molar-refractivity contribution in [2.24, 2.45) is 5.11 Å². The van der Waals surface area contributed by atoms with E-state index in [9.17, 15) is 9.90 Å². The van der Waals surface area contributed by atoms with Crippen LogP contribution in [0.5, 0.6) is 0 Å². The van der Waals surface area contributed by atoms with Gasteiger partial charge in [-0.25, -0.2) is 0 Å². The van der Waals surface area contributed by atoms with Gasteiger partial charge in [0, 0.05) is 19.0 Å². The molecule has 1 aromatic rings. The highest BCUT2D eigenvalue weighted by Gasteiger charge is 2.29. The van der Waals surface area contributed by atoms with E-state index in [-0.39, 0.29) is 5.76 Å². The van der Waals surface area contributed by atoms with E-state index in [0.29, 0.717) is 0 Å². The summed E-state index contributed by atoms with van der Waals surface area (Å²) in [4.78, 5) is 15.3. The molecule has 0 fully saturated rings. The Balaban J connectivity index is 2.95. The lowest BCUT2D eigenvalue weighted by Gasteiger charge is -2.19. The van der Waals surface area contributed by atoms with E-state index in [1.165, 1.54) is 31.3 Å². The van der Waals surface area contributed by atoms with Crippen LogP contribution in [0.1, 0.15) is 11.8 Å². The number of aliphatic hydroxyl groups is 1. The molecule has 7 nitrogen and oxygen atoms in total. The van der Waals surface area contributed by atoms with Crippen LogP contribution in [0.3, 0.4) is 0 Å². The molecule has 2 atom stereocenters. The molecule has 0 bridgehead atoms. The Labute approximate surface area is 91.9 Å². The van der Waals surface area contributed by atoms with E-state index in [0.717, 1.165) is 0 Å². The van der Waals surface area contributed by atoms with Crippen molar-refractivity contribution >= 4 is 5.91 Å². The minimum atomic E-state index is -1.45. The zero-order valence-corrected chi connectivity index (χ0v) is 8.94. The Morgan fingerprint density at radius 1 is 1.69 bits per heavy atom. The number of azide groups is 1. The summed E-state index contributed by atoms with van der Waals surface area (Å²) in [5.41, 5.74) is 8.39. The van der Waals surface area contributed by atoms with Crippen LogP contribution in [-0.4, -0.2) is 36.1 Å².